The lowest BCUT2D eigenvalue weighted by atomic mass is 9.72. The third kappa shape index (κ3) is 3.61. The van der Waals surface area contributed by atoms with E-state index < -0.39 is 7.12 Å². The molecule has 0 amide bonds. The molecule has 1 aromatic carbocycles. The fourth-order valence-corrected chi connectivity index (χ4v) is 3.46. The normalized spacial score (nSPS) is 23.5. The molecule has 1 unspecified atom stereocenters. The third-order valence-corrected chi connectivity index (χ3v) is 5.25. The highest BCUT2D eigenvalue weighted by Gasteiger charge is 2.35. The monoisotopic (exact) mass is 379 g/mol. The number of hydrogen-bond acceptors (Lipinski definition) is 8. The first-order chi connectivity index (χ1) is 13.5. The van der Waals surface area contributed by atoms with Gasteiger partial charge in [0.15, 0.2) is 0 Å². The number of hydrogen-bond donors (Lipinski definition) is 3. The van der Waals surface area contributed by atoms with E-state index in [1.807, 2.05) is 32.0 Å². The molecule has 9 heteroatoms. The number of aryl methyl sites for hydroxylation is 1. The van der Waals surface area contributed by atoms with Gasteiger partial charge in [-0.15, -0.1) is 0 Å². The van der Waals surface area contributed by atoms with Crippen LogP contribution in [0.15, 0.2) is 24.4 Å². The molecule has 144 valence electrons. The van der Waals surface area contributed by atoms with Gasteiger partial charge in [-0.05, 0) is 25.0 Å². The van der Waals surface area contributed by atoms with Crippen molar-refractivity contribution in [1.82, 2.24) is 9.97 Å². The van der Waals surface area contributed by atoms with Crippen molar-refractivity contribution in [3.8, 4) is 11.8 Å². The Hall–Kier alpha value is -2.83. The van der Waals surface area contributed by atoms with Gasteiger partial charge in [-0.3, -0.25) is 0 Å². The van der Waals surface area contributed by atoms with E-state index >= 15 is 0 Å². The van der Waals surface area contributed by atoms with Crippen LogP contribution in [0.2, 0.25) is 0 Å². The van der Waals surface area contributed by atoms with Crippen LogP contribution >= 0.6 is 0 Å². The van der Waals surface area contributed by atoms with Crippen molar-refractivity contribution >= 4 is 24.6 Å². The number of nitrogens with zero attached hydrogens (tertiary/aromatic N) is 3. The van der Waals surface area contributed by atoms with E-state index in [-0.39, 0.29) is 17.8 Å². The number of benzene rings is 1. The van der Waals surface area contributed by atoms with Gasteiger partial charge < -0.3 is 25.0 Å². The number of aromatic nitrogens is 2. The van der Waals surface area contributed by atoms with E-state index in [9.17, 15) is 10.3 Å². The molecule has 1 aromatic heterocycles. The highest BCUT2D eigenvalue weighted by molar-refractivity contribution is 6.47. The predicted octanol–water partition coefficient (Wildman–Crippen LogP) is 2.38. The molecule has 0 aliphatic carbocycles. The van der Waals surface area contributed by atoms with E-state index in [1.165, 1.54) is 0 Å². The quantitative estimate of drug-likeness (QED) is 0.695. The van der Waals surface area contributed by atoms with Gasteiger partial charge in [0.1, 0.15) is 11.6 Å². The molecular formula is C19H22BN5O3. The van der Waals surface area contributed by atoms with Crippen molar-refractivity contribution < 1.29 is 14.4 Å². The molecule has 28 heavy (non-hydrogen) atoms. The van der Waals surface area contributed by atoms with Crippen LogP contribution in [0.4, 0.5) is 17.5 Å². The Morgan fingerprint density at radius 2 is 2.25 bits per heavy atom. The van der Waals surface area contributed by atoms with Crippen LogP contribution in [0.3, 0.4) is 0 Å². The zero-order chi connectivity index (χ0) is 19.7. The summed E-state index contributed by atoms with van der Waals surface area (Å²) in [6.07, 6.45) is 2.45. The summed E-state index contributed by atoms with van der Waals surface area (Å²) in [5.41, 5.74) is 2.64. The molecule has 2 aliphatic rings. The maximum absolute atomic E-state index is 9.86. The maximum atomic E-state index is 9.86. The van der Waals surface area contributed by atoms with E-state index in [2.05, 4.69) is 26.7 Å². The van der Waals surface area contributed by atoms with Gasteiger partial charge in [0.2, 0.25) is 5.95 Å². The minimum Gasteiger partial charge on any atom is -0.535 e. The summed E-state index contributed by atoms with van der Waals surface area (Å²) in [5.74, 6) is 1.61. The van der Waals surface area contributed by atoms with Crippen molar-refractivity contribution in [3.63, 3.8) is 0 Å². The van der Waals surface area contributed by atoms with Crippen molar-refractivity contribution in [3.05, 3.63) is 35.5 Å². The highest BCUT2D eigenvalue weighted by atomic mass is 16.5. The number of anilines is 3. The Kier molecular flexibility index (Phi) is 5.07. The Balaban J connectivity index is 1.52. The Morgan fingerprint density at radius 3 is 3.07 bits per heavy atom. The molecule has 0 bridgehead atoms. The topological polar surface area (TPSA) is 112 Å². The fourth-order valence-electron chi connectivity index (χ4n) is 3.46. The molecule has 1 fully saturated rings. The molecule has 0 radical (unpaired) electrons. The molecule has 8 nitrogen and oxygen atoms in total. The van der Waals surface area contributed by atoms with Crippen molar-refractivity contribution in [1.29, 1.82) is 5.26 Å². The smallest absolute Gasteiger partial charge is 0.530 e. The fraction of sp³-hybridized carbons (Fsp3) is 0.421. The summed E-state index contributed by atoms with van der Waals surface area (Å²) < 4.78 is 11.0. The van der Waals surface area contributed by atoms with Gasteiger partial charge in [-0.1, -0.05) is 13.0 Å². The summed E-state index contributed by atoms with van der Waals surface area (Å²) in [4.78, 5) is 8.91. The zero-order valence-corrected chi connectivity index (χ0v) is 15.8. The van der Waals surface area contributed by atoms with Gasteiger partial charge in [-0.2, -0.15) is 10.2 Å². The predicted molar refractivity (Wildman–Crippen MR) is 105 cm³/mol. The number of fused-ring (bicyclic) bond motifs is 1. The molecule has 0 spiro atoms. The SMILES string of the molecule is Cc1cnc(Nc2ccc3c(c2)OB(O)C3C)nc1N[C@@H]1COCC[C@H]1C#N. The van der Waals surface area contributed by atoms with Crippen molar-refractivity contribution in [2.24, 2.45) is 5.92 Å². The number of rotatable bonds is 4. The molecule has 1 saturated heterocycles. The average molecular weight is 379 g/mol. The maximum Gasteiger partial charge on any atom is 0.530 e. The molecule has 3 heterocycles. The standard InChI is InChI=1S/C19H22BN5O3/c1-11-9-22-19(25-18(11)24-16-10-27-6-5-13(16)8-21)23-14-3-4-15-12(2)20(26)28-17(15)7-14/h3-4,7,9,12-13,16,26H,5-6,10H2,1-2H3,(H2,22,23,24,25)/t12?,13-,16+/m0/s1. The van der Waals surface area contributed by atoms with Crippen molar-refractivity contribution in [2.45, 2.75) is 32.1 Å². The van der Waals surface area contributed by atoms with Crippen LogP contribution in [0, 0.1) is 24.2 Å². The summed E-state index contributed by atoms with van der Waals surface area (Å²) in [5, 5.41) is 25.7. The summed E-state index contributed by atoms with van der Waals surface area (Å²) >= 11 is 0. The number of ether oxygens (including phenoxy) is 1. The van der Waals surface area contributed by atoms with E-state index in [0.29, 0.717) is 37.2 Å². The second kappa shape index (κ2) is 7.66. The average Bonchev–Trinajstić information content (AvgIpc) is 2.98. The molecule has 2 aliphatic heterocycles. The summed E-state index contributed by atoms with van der Waals surface area (Å²) in [6, 6.07) is 7.92. The lowest BCUT2D eigenvalue weighted by molar-refractivity contribution is 0.0698. The van der Waals surface area contributed by atoms with E-state index in [0.717, 1.165) is 16.8 Å². The van der Waals surface area contributed by atoms with Gasteiger partial charge in [0.05, 0.1) is 24.6 Å². The van der Waals surface area contributed by atoms with Crippen LogP contribution in [-0.4, -0.2) is 41.4 Å². The first-order valence-corrected chi connectivity index (χ1v) is 9.38. The van der Waals surface area contributed by atoms with Crippen molar-refractivity contribution in [2.75, 3.05) is 23.8 Å². The molecular weight excluding hydrogens is 357 g/mol. The van der Waals surface area contributed by atoms with Gasteiger partial charge in [0.25, 0.3) is 0 Å². The number of nitriles is 1. The lowest BCUT2D eigenvalue weighted by Gasteiger charge is -2.28. The van der Waals surface area contributed by atoms with Crippen LogP contribution in [0.5, 0.6) is 5.75 Å². The highest BCUT2D eigenvalue weighted by Crippen LogP contribution is 2.37. The van der Waals surface area contributed by atoms with Crippen LogP contribution in [0.1, 0.15) is 30.3 Å². The first kappa shape index (κ1) is 18.5. The van der Waals surface area contributed by atoms with Crippen LogP contribution < -0.4 is 15.3 Å². The largest absolute Gasteiger partial charge is 0.535 e. The number of nitrogens with one attached hydrogen (secondary N) is 2. The molecule has 2 aromatic rings. The zero-order valence-electron chi connectivity index (χ0n) is 15.8. The molecule has 0 saturated carbocycles. The summed E-state index contributed by atoms with van der Waals surface area (Å²) in [6.45, 7) is 4.93. The van der Waals surface area contributed by atoms with Gasteiger partial charge in [-0.25, -0.2) is 4.98 Å². The Labute approximate surface area is 164 Å². The minimum absolute atomic E-state index is 0.0544. The Morgan fingerprint density at radius 1 is 1.39 bits per heavy atom. The molecule has 3 atom stereocenters. The Bertz CT molecular complexity index is 919. The first-order valence-electron chi connectivity index (χ1n) is 9.38. The lowest BCUT2D eigenvalue weighted by Crippen LogP contribution is -2.38. The van der Waals surface area contributed by atoms with Gasteiger partial charge >= 0.3 is 7.12 Å². The minimum atomic E-state index is -0.817. The summed E-state index contributed by atoms with van der Waals surface area (Å²) in [7, 11) is -0.817. The third-order valence-electron chi connectivity index (χ3n) is 5.25. The second-order valence-corrected chi connectivity index (χ2v) is 7.25. The van der Waals surface area contributed by atoms with Crippen LogP contribution in [-0.2, 0) is 4.74 Å². The van der Waals surface area contributed by atoms with E-state index in [4.69, 9.17) is 9.39 Å². The molecule has 3 N–H and O–H groups in total. The van der Waals surface area contributed by atoms with E-state index in [1.54, 1.807) is 6.20 Å². The van der Waals surface area contributed by atoms with Gasteiger partial charge in [0, 0.05) is 35.9 Å². The second-order valence-electron chi connectivity index (χ2n) is 7.25. The van der Waals surface area contributed by atoms with Crippen LogP contribution in [0.25, 0.3) is 0 Å². The molecule has 4 rings (SSSR count).